The third kappa shape index (κ3) is 2.35. The Morgan fingerprint density at radius 1 is 1.00 bits per heavy atom. The summed E-state index contributed by atoms with van der Waals surface area (Å²) in [6.07, 6.45) is 1.72. The quantitative estimate of drug-likeness (QED) is 0.775. The van der Waals surface area contributed by atoms with Crippen molar-refractivity contribution in [2.45, 2.75) is 26.7 Å². The van der Waals surface area contributed by atoms with Crippen LogP contribution in [-0.2, 0) is 22.4 Å². The predicted octanol–water partition coefficient (Wildman–Crippen LogP) is 1.62. The molecule has 1 fully saturated rings. The number of carbonyl (C=O) groups is 2. The lowest BCUT2D eigenvalue weighted by atomic mass is 10.0. The molecule has 1 heterocycles. The van der Waals surface area contributed by atoms with Gasteiger partial charge in [0.2, 0.25) is 0 Å². The number of hydrogen-bond donors (Lipinski definition) is 0. The largest absolute Gasteiger partial charge is 0.336 e. The maximum atomic E-state index is 12.2. The molecule has 1 aromatic rings. The van der Waals surface area contributed by atoms with E-state index in [0.717, 1.165) is 29.7 Å². The number of amides is 2. The van der Waals surface area contributed by atoms with Crippen molar-refractivity contribution in [1.29, 1.82) is 0 Å². The Kier molecular flexibility index (Phi) is 3.88. The maximum absolute atomic E-state index is 12.2. The van der Waals surface area contributed by atoms with Crippen molar-refractivity contribution in [2.75, 3.05) is 25.0 Å². The van der Waals surface area contributed by atoms with E-state index < -0.39 is 11.8 Å². The summed E-state index contributed by atoms with van der Waals surface area (Å²) in [5.74, 6) is -0.830. The maximum Gasteiger partial charge on any atom is 0.316 e. The second-order valence-electron chi connectivity index (χ2n) is 4.82. The first-order valence-electron chi connectivity index (χ1n) is 6.77. The van der Waals surface area contributed by atoms with E-state index in [1.54, 1.807) is 11.9 Å². The van der Waals surface area contributed by atoms with E-state index in [1.807, 2.05) is 18.2 Å². The summed E-state index contributed by atoms with van der Waals surface area (Å²) in [5.41, 5.74) is 3.20. The summed E-state index contributed by atoms with van der Waals surface area (Å²) in [6, 6.07) is 6.08. The van der Waals surface area contributed by atoms with Gasteiger partial charge in [-0.2, -0.15) is 0 Å². The molecule has 0 aromatic heterocycles. The summed E-state index contributed by atoms with van der Waals surface area (Å²) in [4.78, 5) is 27.2. The molecule has 1 saturated heterocycles. The van der Waals surface area contributed by atoms with Crippen LogP contribution in [0.15, 0.2) is 18.2 Å². The molecule has 19 heavy (non-hydrogen) atoms. The molecular weight excluding hydrogens is 240 g/mol. The molecule has 4 nitrogen and oxygen atoms in total. The van der Waals surface area contributed by atoms with Crippen molar-refractivity contribution >= 4 is 17.5 Å². The second kappa shape index (κ2) is 5.43. The Bertz CT molecular complexity index is 489. The van der Waals surface area contributed by atoms with E-state index in [4.69, 9.17) is 0 Å². The van der Waals surface area contributed by atoms with E-state index in [0.29, 0.717) is 13.1 Å². The summed E-state index contributed by atoms with van der Waals surface area (Å²) in [5, 5.41) is 0. The van der Waals surface area contributed by atoms with Gasteiger partial charge in [-0.1, -0.05) is 32.0 Å². The van der Waals surface area contributed by atoms with Gasteiger partial charge in [-0.05, 0) is 24.0 Å². The fraction of sp³-hybridized carbons (Fsp3) is 0.467. The van der Waals surface area contributed by atoms with Gasteiger partial charge in [0.05, 0.1) is 5.69 Å². The number of piperazine rings is 1. The van der Waals surface area contributed by atoms with Crippen LogP contribution in [0.25, 0.3) is 0 Å². The standard InChI is InChI=1S/C15H20N2O2/c1-4-11-7-6-8-12(5-2)13(11)17-10-9-16(3)14(18)15(17)19/h6-8H,4-5,9-10H2,1-3H3. The number of benzene rings is 1. The summed E-state index contributed by atoms with van der Waals surface area (Å²) in [6.45, 7) is 5.30. The Hall–Kier alpha value is -1.84. The molecule has 1 aromatic carbocycles. The Balaban J connectivity index is 2.46. The Morgan fingerprint density at radius 3 is 2.11 bits per heavy atom. The molecule has 2 amide bonds. The number of nitrogens with zero attached hydrogens (tertiary/aromatic N) is 2. The first-order chi connectivity index (χ1) is 9.10. The van der Waals surface area contributed by atoms with Crippen molar-refractivity contribution in [3.05, 3.63) is 29.3 Å². The van der Waals surface area contributed by atoms with Crippen LogP contribution < -0.4 is 4.90 Å². The minimum Gasteiger partial charge on any atom is -0.336 e. The van der Waals surface area contributed by atoms with Gasteiger partial charge in [0, 0.05) is 20.1 Å². The zero-order chi connectivity index (χ0) is 14.0. The molecule has 0 spiro atoms. The van der Waals surface area contributed by atoms with E-state index in [2.05, 4.69) is 13.8 Å². The molecule has 0 radical (unpaired) electrons. The highest BCUT2D eigenvalue weighted by Crippen LogP contribution is 2.28. The second-order valence-corrected chi connectivity index (χ2v) is 4.82. The van der Waals surface area contributed by atoms with Crippen LogP contribution in [0.3, 0.4) is 0 Å². The van der Waals surface area contributed by atoms with E-state index in [9.17, 15) is 9.59 Å². The molecule has 0 saturated carbocycles. The normalized spacial score (nSPS) is 16.2. The van der Waals surface area contributed by atoms with Gasteiger partial charge < -0.3 is 9.80 Å². The van der Waals surface area contributed by atoms with Crippen LogP contribution in [0.1, 0.15) is 25.0 Å². The van der Waals surface area contributed by atoms with Gasteiger partial charge >= 0.3 is 11.8 Å². The molecule has 4 heteroatoms. The fourth-order valence-corrected chi connectivity index (χ4v) is 2.51. The number of aryl methyl sites for hydroxylation is 2. The highest BCUT2D eigenvalue weighted by atomic mass is 16.2. The van der Waals surface area contributed by atoms with Crippen molar-refractivity contribution in [1.82, 2.24) is 4.90 Å². The molecule has 0 unspecified atom stereocenters. The Morgan fingerprint density at radius 2 is 1.58 bits per heavy atom. The monoisotopic (exact) mass is 260 g/mol. The molecule has 1 aliphatic heterocycles. The number of carbonyl (C=O) groups excluding carboxylic acids is 2. The first-order valence-corrected chi connectivity index (χ1v) is 6.77. The SMILES string of the molecule is CCc1cccc(CC)c1N1CCN(C)C(=O)C1=O. The summed E-state index contributed by atoms with van der Waals surface area (Å²) in [7, 11) is 1.67. The summed E-state index contributed by atoms with van der Waals surface area (Å²) >= 11 is 0. The van der Waals surface area contributed by atoms with Crippen LogP contribution in [0.2, 0.25) is 0 Å². The van der Waals surface area contributed by atoms with Crippen LogP contribution in [-0.4, -0.2) is 36.9 Å². The van der Waals surface area contributed by atoms with Gasteiger partial charge in [-0.25, -0.2) is 0 Å². The lowest BCUT2D eigenvalue weighted by molar-refractivity contribution is -0.145. The molecular formula is C15H20N2O2. The molecule has 1 aliphatic rings. The highest BCUT2D eigenvalue weighted by Gasteiger charge is 2.32. The smallest absolute Gasteiger partial charge is 0.316 e. The average Bonchev–Trinajstić information content (AvgIpc) is 2.44. The average molecular weight is 260 g/mol. The molecule has 102 valence electrons. The lowest BCUT2D eigenvalue weighted by Crippen LogP contribution is -2.53. The molecule has 0 atom stereocenters. The minimum atomic E-state index is -0.417. The van der Waals surface area contributed by atoms with Gasteiger partial charge in [0.1, 0.15) is 0 Å². The number of anilines is 1. The van der Waals surface area contributed by atoms with Crippen LogP contribution in [0, 0.1) is 0 Å². The third-order valence-corrected chi connectivity index (χ3v) is 3.67. The first kappa shape index (κ1) is 13.6. The van der Waals surface area contributed by atoms with Crippen molar-refractivity contribution < 1.29 is 9.59 Å². The zero-order valence-electron chi connectivity index (χ0n) is 11.8. The van der Waals surface area contributed by atoms with Gasteiger partial charge in [0.25, 0.3) is 0 Å². The number of para-hydroxylation sites is 1. The van der Waals surface area contributed by atoms with Gasteiger partial charge in [0.15, 0.2) is 0 Å². The van der Waals surface area contributed by atoms with Gasteiger partial charge in [-0.15, -0.1) is 0 Å². The number of likely N-dealkylation sites (N-methyl/N-ethyl adjacent to an activating group) is 1. The lowest BCUT2D eigenvalue weighted by Gasteiger charge is -2.33. The third-order valence-electron chi connectivity index (χ3n) is 3.67. The van der Waals surface area contributed by atoms with Crippen molar-refractivity contribution in [3.8, 4) is 0 Å². The number of rotatable bonds is 3. The van der Waals surface area contributed by atoms with Crippen LogP contribution in [0.5, 0.6) is 0 Å². The molecule has 2 rings (SSSR count). The molecule has 0 aliphatic carbocycles. The van der Waals surface area contributed by atoms with Gasteiger partial charge in [-0.3, -0.25) is 9.59 Å². The van der Waals surface area contributed by atoms with E-state index >= 15 is 0 Å². The number of hydrogen-bond acceptors (Lipinski definition) is 2. The van der Waals surface area contributed by atoms with Crippen LogP contribution >= 0.6 is 0 Å². The summed E-state index contributed by atoms with van der Waals surface area (Å²) < 4.78 is 0. The van der Waals surface area contributed by atoms with Crippen LogP contribution in [0.4, 0.5) is 5.69 Å². The van der Waals surface area contributed by atoms with E-state index in [1.165, 1.54) is 4.90 Å². The fourth-order valence-electron chi connectivity index (χ4n) is 2.51. The van der Waals surface area contributed by atoms with Crippen molar-refractivity contribution in [2.24, 2.45) is 0 Å². The minimum absolute atomic E-state index is 0.413. The predicted molar refractivity (Wildman–Crippen MR) is 75.2 cm³/mol. The molecule has 0 bridgehead atoms. The topological polar surface area (TPSA) is 40.6 Å². The van der Waals surface area contributed by atoms with E-state index in [-0.39, 0.29) is 0 Å². The molecule has 0 N–H and O–H groups in total. The Labute approximate surface area is 114 Å². The van der Waals surface area contributed by atoms with Crippen molar-refractivity contribution in [3.63, 3.8) is 0 Å². The zero-order valence-corrected chi connectivity index (χ0v) is 11.8. The highest BCUT2D eigenvalue weighted by molar-refractivity contribution is 6.41.